The lowest BCUT2D eigenvalue weighted by atomic mass is 10.3. The van der Waals surface area contributed by atoms with Gasteiger partial charge >= 0.3 is 5.97 Å². The lowest BCUT2D eigenvalue weighted by Crippen LogP contribution is -2.19. The third-order valence-electron chi connectivity index (χ3n) is 3.95. The van der Waals surface area contributed by atoms with Crippen LogP contribution < -0.4 is 5.56 Å². The zero-order chi connectivity index (χ0) is 18.3. The summed E-state index contributed by atoms with van der Waals surface area (Å²) in [5.74, 6) is 0.104. The Morgan fingerprint density at radius 1 is 1.35 bits per heavy atom. The monoisotopic (exact) mass is 386 g/mol. The maximum absolute atomic E-state index is 12.4. The standard InChI is InChI=1S/C17H14N4O3S2/c1-20-15(22)12-5-7-25-14(12)19-17(20)26-9-10-8-21-6-3-4-11(13(21)18-10)16(23)24-2/h3-8H,9H2,1-2H3. The molecule has 132 valence electrons. The summed E-state index contributed by atoms with van der Waals surface area (Å²) in [7, 11) is 3.06. The van der Waals surface area contributed by atoms with E-state index in [1.54, 1.807) is 34.2 Å². The number of rotatable bonds is 4. The lowest BCUT2D eigenvalue weighted by molar-refractivity contribution is 0.0602. The van der Waals surface area contributed by atoms with Gasteiger partial charge < -0.3 is 9.14 Å². The number of imidazole rings is 1. The van der Waals surface area contributed by atoms with Gasteiger partial charge in [-0.15, -0.1) is 11.3 Å². The fourth-order valence-corrected chi connectivity index (χ4v) is 4.31. The van der Waals surface area contributed by atoms with Gasteiger partial charge in [-0.3, -0.25) is 9.36 Å². The molecule has 0 unspecified atom stereocenters. The minimum atomic E-state index is -0.424. The van der Waals surface area contributed by atoms with Gasteiger partial charge in [0.25, 0.3) is 5.56 Å². The van der Waals surface area contributed by atoms with Gasteiger partial charge in [0.1, 0.15) is 10.4 Å². The van der Waals surface area contributed by atoms with E-state index in [0.29, 0.717) is 27.5 Å². The van der Waals surface area contributed by atoms with Gasteiger partial charge in [-0.2, -0.15) is 0 Å². The fourth-order valence-electron chi connectivity index (χ4n) is 2.65. The number of fused-ring (bicyclic) bond motifs is 2. The van der Waals surface area contributed by atoms with Crippen LogP contribution in [0.4, 0.5) is 0 Å². The van der Waals surface area contributed by atoms with Crippen molar-refractivity contribution < 1.29 is 9.53 Å². The summed E-state index contributed by atoms with van der Waals surface area (Å²) in [4.78, 5) is 34.1. The summed E-state index contributed by atoms with van der Waals surface area (Å²) in [6, 6.07) is 5.25. The second-order valence-corrected chi connectivity index (χ2v) is 7.40. The molecule has 4 aromatic heterocycles. The SMILES string of the molecule is COC(=O)c1cccn2cc(CSc3nc4sccc4c(=O)n3C)nc12. The molecule has 26 heavy (non-hydrogen) atoms. The number of thiophene rings is 1. The van der Waals surface area contributed by atoms with Gasteiger partial charge in [-0.05, 0) is 23.6 Å². The smallest absolute Gasteiger partial charge is 0.341 e. The van der Waals surface area contributed by atoms with Crippen molar-refractivity contribution in [1.29, 1.82) is 0 Å². The van der Waals surface area contributed by atoms with Crippen molar-refractivity contribution in [3.63, 3.8) is 0 Å². The molecule has 0 saturated heterocycles. The Morgan fingerprint density at radius 2 is 2.19 bits per heavy atom. The zero-order valence-electron chi connectivity index (χ0n) is 14.0. The molecule has 0 fully saturated rings. The van der Waals surface area contributed by atoms with Gasteiger partial charge in [-0.25, -0.2) is 14.8 Å². The van der Waals surface area contributed by atoms with E-state index < -0.39 is 5.97 Å². The third kappa shape index (κ3) is 2.78. The lowest BCUT2D eigenvalue weighted by Gasteiger charge is -2.05. The normalized spacial score (nSPS) is 11.3. The number of hydrogen-bond donors (Lipinski definition) is 0. The van der Waals surface area contributed by atoms with Crippen molar-refractivity contribution >= 4 is 44.9 Å². The molecule has 0 spiro atoms. The Bertz CT molecular complexity index is 1190. The first-order valence-corrected chi connectivity index (χ1v) is 9.57. The van der Waals surface area contributed by atoms with Gasteiger partial charge in [0, 0.05) is 25.2 Å². The Morgan fingerprint density at radius 3 is 3.00 bits per heavy atom. The second kappa shape index (κ2) is 6.58. The van der Waals surface area contributed by atoms with Crippen molar-refractivity contribution in [2.24, 2.45) is 7.05 Å². The van der Waals surface area contributed by atoms with Crippen LogP contribution in [0.1, 0.15) is 16.1 Å². The van der Waals surface area contributed by atoms with Gasteiger partial charge in [0.05, 0.1) is 18.2 Å². The topological polar surface area (TPSA) is 78.5 Å². The zero-order valence-corrected chi connectivity index (χ0v) is 15.6. The van der Waals surface area contributed by atoms with Crippen LogP contribution in [0.5, 0.6) is 0 Å². The molecule has 4 rings (SSSR count). The summed E-state index contributed by atoms with van der Waals surface area (Å²) < 4.78 is 8.14. The highest BCUT2D eigenvalue weighted by molar-refractivity contribution is 7.98. The highest BCUT2D eigenvalue weighted by Gasteiger charge is 2.15. The maximum Gasteiger partial charge on any atom is 0.341 e. The minimum Gasteiger partial charge on any atom is -0.465 e. The number of carbonyl (C=O) groups is 1. The number of hydrogen-bond acceptors (Lipinski definition) is 7. The highest BCUT2D eigenvalue weighted by Crippen LogP contribution is 2.24. The first kappa shape index (κ1) is 16.8. The van der Waals surface area contributed by atoms with Crippen molar-refractivity contribution in [3.05, 3.63) is 57.6 Å². The van der Waals surface area contributed by atoms with E-state index in [4.69, 9.17) is 4.74 Å². The Hall–Kier alpha value is -2.65. The summed E-state index contributed by atoms with van der Waals surface area (Å²) in [6.07, 6.45) is 3.69. The van der Waals surface area contributed by atoms with E-state index in [1.807, 2.05) is 17.8 Å². The molecule has 4 heterocycles. The molecule has 4 aromatic rings. The largest absolute Gasteiger partial charge is 0.465 e. The van der Waals surface area contributed by atoms with Crippen molar-refractivity contribution in [2.45, 2.75) is 10.9 Å². The first-order chi connectivity index (χ1) is 12.6. The first-order valence-electron chi connectivity index (χ1n) is 7.70. The summed E-state index contributed by atoms with van der Waals surface area (Å²) in [6.45, 7) is 0. The molecule has 0 aliphatic carbocycles. The van der Waals surface area contributed by atoms with Gasteiger partial charge in [0.2, 0.25) is 0 Å². The molecule has 0 amide bonds. The van der Waals surface area contributed by atoms with E-state index in [2.05, 4.69) is 9.97 Å². The molecule has 0 aliphatic rings. The van der Waals surface area contributed by atoms with Crippen LogP contribution in [-0.2, 0) is 17.5 Å². The third-order valence-corrected chi connectivity index (χ3v) is 5.82. The molecule has 7 nitrogen and oxygen atoms in total. The van der Waals surface area contributed by atoms with Crippen molar-refractivity contribution in [1.82, 2.24) is 18.9 Å². The molecular formula is C17H14N4O3S2. The minimum absolute atomic E-state index is 0.0540. The van der Waals surface area contributed by atoms with Crippen LogP contribution in [0.25, 0.3) is 15.9 Å². The Labute approximate surface area is 156 Å². The summed E-state index contributed by atoms with van der Waals surface area (Å²) in [5.41, 5.74) is 1.69. The fraction of sp³-hybridized carbons (Fsp3) is 0.176. The average Bonchev–Trinajstić information content (AvgIpc) is 3.28. The predicted octanol–water partition coefficient (Wildman–Crippen LogP) is 2.72. The number of nitrogens with zero attached hydrogens (tertiary/aromatic N) is 4. The molecule has 0 atom stereocenters. The van der Waals surface area contributed by atoms with Crippen LogP contribution in [0.3, 0.4) is 0 Å². The number of carbonyl (C=O) groups excluding carboxylic acids is 1. The van der Waals surface area contributed by atoms with Gasteiger partial charge in [-0.1, -0.05) is 11.8 Å². The van der Waals surface area contributed by atoms with E-state index in [-0.39, 0.29) is 5.56 Å². The maximum atomic E-state index is 12.4. The molecule has 0 N–H and O–H groups in total. The molecular weight excluding hydrogens is 372 g/mol. The number of ether oxygens (including phenoxy) is 1. The molecule has 0 aromatic carbocycles. The Balaban J connectivity index is 1.65. The predicted molar refractivity (Wildman–Crippen MR) is 101 cm³/mol. The van der Waals surface area contributed by atoms with Crippen molar-refractivity contribution in [2.75, 3.05) is 7.11 Å². The highest BCUT2D eigenvalue weighted by atomic mass is 32.2. The molecule has 0 saturated carbocycles. The number of thioether (sulfide) groups is 1. The van der Waals surface area contributed by atoms with Crippen LogP contribution in [0.15, 0.2) is 45.9 Å². The molecule has 9 heteroatoms. The molecule has 0 aliphatic heterocycles. The van der Waals surface area contributed by atoms with Gasteiger partial charge in [0.15, 0.2) is 10.8 Å². The Kier molecular flexibility index (Phi) is 4.25. The molecule has 0 radical (unpaired) electrons. The summed E-state index contributed by atoms with van der Waals surface area (Å²) >= 11 is 2.88. The van der Waals surface area contributed by atoms with Crippen LogP contribution in [0, 0.1) is 0 Å². The second-order valence-electron chi connectivity index (χ2n) is 5.56. The van der Waals surface area contributed by atoms with Crippen LogP contribution in [-0.4, -0.2) is 32.0 Å². The van der Waals surface area contributed by atoms with Crippen molar-refractivity contribution in [3.8, 4) is 0 Å². The number of methoxy groups -OCH3 is 1. The van der Waals surface area contributed by atoms with Crippen LogP contribution in [0.2, 0.25) is 0 Å². The quantitative estimate of drug-likeness (QED) is 0.305. The van der Waals surface area contributed by atoms with E-state index in [9.17, 15) is 9.59 Å². The summed E-state index contributed by atoms with van der Waals surface area (Å²) in [5, 5.41) is 3.14. The number of aromatic nitrogens is 4. The average molecular weight is 386 g/mol. The number of pyridine rings is 1. The number of esters is 1. The molecule has 0 bridgehead atoms. The van der Waals surface area contributed by atoms with Crippen LogP contribution >= 0.6 is 23.1 Å². The van der Waals surface area contributed by atoms with E-state index >= 15 is 0 Å². The van der Waals surface area contributed by atoms with E-state index in [0.717, 1.165) is 10.5 Å². The van der Waals surface area contributed by atoms with E-state index in [1.165, 1.54) is 30.2 Å².